The number of aromatic nitrogens is 2. The summed E-state index contributed by atoms with van der Waals surface area (Å²) >= 11 is 0. The Bertz CT molecular complexity index is 463. The van der Waals surface area contributed by atoms with Gasteiger partial charge in [-0.3, -0.25) is 9.59 Å². The van der Waals surface area contributed by atoms with Crippen molar-refractivity contribution in [3.05, 3.63) is 28.2 Å². The van der Waals surface area contributed by atoms with E-state index < -0.39 is 0 Å². The second-order valence-electron chi connectivity index (χ2n) is 5.15. The first-order valence-corrected chi connectivity index (χ1v) is 6.44. The summed E-state index contributed by atoms with van der Waals surface area (Å²) in [5, 5.41) is 9.02. The van der Waals surface area contributed by atoms with Crippen LogP contribution in [-0.4, -0.2) is 22.1 Å². The predicted octanol–water partition coefficient (Wildman–Crippen LogP) is 1.32. The summed E-state index contributed by atoms with van der Waals surface area (Å²) < 4.78 is 0. The molecule has 98 valence electrons. The van der Waals surface area contributed by atoms with Gasteiger partial charge in [0.15, 0.2) is 0 Å². The van der Waals surface area contributed by atoms with Crippen LogP contribution < -0.4 is 10.9 Å². The zero-order valence-corrected chi connectivity index (χ0v) is 10.8. The Morgan fingerprint density at radius 2 is 2.17 bits per heavy atom. The maximum atomic E-state index is 12.0. The molecule has 1 fully saturated rings. The summed E-state index contributed by atoms with van der Waals surface area (Å²) in [7, 11) is 0. The van der Waals surface area contributed by atoms with Gasteiger partial charge in [-0.15, -0.1) is 0 Å². The summed E-state index contributed by atoms with van der Waals surface area (Å²) in [5.74, 6) is 0.898. The van der Waals surface area contributed by atoms with Crippen LogP contribution in [0.3, 0.4) is 0 Å². The Balaban J connectivity index is 2.02. The van der Waals surface area contributed by atoms with Crippen molar-refractivity contribution < 1.29 is 4.79 Å². The van der Waals surface area contributed by atoms with Gasteiger partial charge in [0.05, 0.1) is 0 Å². The van der Waals surface area contributed by atoms with E-state index in [-0.39, 0.29) is 23.2 Å². The van der Waals surface area contributed by atoms with Crippen molar-refractivity contribution in [3.8, 4) is 0 Å². The maximum Gasteiger partial charge on any atom is 0.271 e. The van der Waals surface area contributed by atoms with E-state index in [1.54, 1.807) is 0 Å². The van der Waals surface area contributed by atoms with Crippen LogP contribution in [0.2, 0.25) is 0 Å². The Hall–Kier alpha value is -1.65. The number of H-pyrrole nitrogens is 1. The van der Waals surface area contributed by atoms with Crippen LogP contribution in [0.5, 0.6) is 0 Å². The zero-order chi connectivity index (χ0) is 13.1. The SMILES string of the molecule is C[C@H]1[C@H](C)CCC[C@@H]1NC(=O)c1ccc(=O)[nH]n1. The predicted molar refractivity (Wildman–Crippen MR) is 68.3 cm³/mol. The minimum absolute atomic E-state index is 0.204. The standard InChI is InChI=1S/C13H19N3O2/c1-8-4-3-5-10(9(8)2)14-13(18)11-6-7-12(17)16-15-11/h6-10H,3-5H2,1-2H3,(H,14,18)(H,16,17)/t8-,9+,10+/m1/s1. The molecular weight excluding hydrogens is 230 g/mol. The molecule has 2 rings (SSSR count). The number of amides is 1. The Kier molecular flexibility index (Phi) is 3.79. The first kappa shape index (κ1) is 12.8. The van der Waals surface area contributed by atoms with Gasteiger partial charge < -0.3 is 5.32 Å². The second kappa shape index (κ2) is 5.33. The average molecular weight is 249 g/mol. The lowest BCUT2D eigenvalue weighted by molar-refractivity contribution is 0.0885. The fraction of sp³-hybridized carbons (Fsp3) is 0.615. The van der Waals surface area contributed by atoms with E-state index in [1.807, 2.05) is 0 Å². The molecule has 0 aliphatic heterocycles. The topological polar surface area (TPSA) is 74.8 Å². The Morgan fingerprint density at radius 1 is 1.39 bits per heavy atom. The molecule has 1 aliphatic rings. The van der Waals surface area contributed by atoms with Gasteiger partial charge in [0.1, 0.15) is 5.69 Å². The third-order valence-corrected chi connectivity index (χ3v) is 3.94. The number of carbonyl (C=O) groups excluding carboxylic acids is 1. The summed E-state index contributed by atoms with van der Waals surface area (Å²) in [6.07, 6.45) is 3.39. The van der Waals surface area contributed by atoms with E-state index in [1.165, 1.54) is 18.6 Å². The molecule has 5 heteroatoms. The van der Waals surface area contributed by atoms with Gasteiger partial charge in [-0.2, -0.15) is 5.10 Å². The average Bonchev–Trinajstić information content (AvgIpc) is 2.36. The zero-order valence-electron chi connectivity index (χ0n) is 10.8. The van der Waals surface area contributed by atoms with E-state index in [4.69, 9.17) is 0 Å². The normalized spacial score (nSPS) is 27.8. The van der Waals surface area contributed by atoms with Crippen molar-refractivity contribution in [2.45, 2.75) is 39.2 Å². The fourth-order valence-electron chi connectivity index (χ4n) is 2.50. The number of hydrogen-bond donors (Lipinski definition) is 2. The first-order chi connectivity index (χ1) is 8.58. The largest absolute Gasteiger partial charge is 0.348 e. The molecule has 1 aromatic rings. The molecule has 5 nitrogen and oxygen atoms in total. The molecule has 1 aromatic heterocycles. The Morgan fingerprint density at radius 3 is 2.83 bits per heavy atom. The van der Waals surface area contributed by atoms with Crippen molar-refractivity contribution >= 4 is 5.91 Å². The third-order valence-electron chi connectivity index (χ3n) is 3.94. The molecule has 1 aliphatic carbocycles. The number of carbonyl (C=O) groups is 1. The molecule has 1 amide bonds. The number of nitrogens with zero attached hydrogens (tertiary/aromatic N) is 1. The molecule has 18 heavy (non-hydrogen) atoms. The van der Waals surface area contributed by atoms with Crippen LogP contribution in [0.25, 0.3) is 0 Å². The third kappa shape index (κ3) is 2.78. The highest BCUT2D eigenvalue weighted by Crippen LogP contribution is 2.29. The van der Waals surface area contributed by atoms with Crippen LogP contribution in [0.4, 0.5) is 0 Å². The van der Waals surface area contributed by atoms with Gasteiger partial charge in [0.2, 0.25) is 0 Å². The minimum atomic E-state index is -0.300. The van der Waals surface area contributed by atoms with Crippen molar-refractivity contribution in [1.29, 1.82) is 0 Å². The highest BCUT2D eigenvalue weighted by atomic mass is 16.2. The summed E-state index contributed by atoms with van der Waals surface area (Å²) in [5.41, 5.74) is -0.0359. The van der Waals surface area contributed by atoms with Gasteiger partial charge in [0.25, 0.3) is 11.5 Å². The molecule has 0 unspecified atom stereocenters. The lowest BCUT2D eigenvalue weighted by Gasteiger charge is -2.34. The van der Waals surface area contributed by atoms with E-state index in [0.29, 0.717) is 11.8 Å². The summed E-state index contributed by atoms with van der Waals surface area (Å²) in [6, 6.07) is 2.97. The van der Waals surface area contributed by atoms with Crippen LogP contribution in [0.1, 0.15) is 43.6 Å². The van der Waals surface area contributed by atoms with Crippen molar-refractivity contribution in [1.82, 2.24) is 15.5 Å². The van der Waals surface area contributed by atoms with E-state index in [0.717, 1.165) is 12.8 Å². The number of rotatable bonds is 2. The second-order valence-corrected chi connectivity index (χ2v) is 5.15. The van der Waals surface area contributed by atoms with E-state index in [9.17, 15) is 9.59 Å². The van der Waals surface area contributed by atoms with Crippen LogP contribution in [-0.2, 0) is 0 Å². The van der Waals surface area contributed by atoms with E-state index >= 15 is 0 Å². The summed E-state index contributed by atoms with van der Waals surface area (Å²) in [6.45, 7) is 4.40. The lowest BCUT2D eigenvalue weighted by Crippen LogP contribution is -2.44. The van der Waals surface area contributed by atoms with Crippen molar-refractivity contribution in [3.63, 3.8) is 0 Å². The molecule has 0 bridgehead atoms. The monoisotopic (exact) mass is 249 g/mol. The molecule has 0 radical (unpaired) electrons. The van der Waals surface area contributed by atoms with Crippen molar-refractivity contribution in [2.24, 2.45) is 11.8 Å². The van der Waals surface area contributed by atoms with Crippen molar-refractivity contribution in [2.75, 3.05) is 0 Å². The van der Waals surface area contributed by atoms with Gasteiger partial charge in [-0.05, 0) is 24.3 Å². The molecule has 0 saturated heterocycles. The highest BCUT2D eigenvalue weighted by Gasteiger charge is 2.28. The summed E-state index contributed by atoms with van der Waals surface area (Å²) in [4.78, 5) is 22.9. The van der Waals surface area contributed by atoms with Gasteiger partial charge in [-0.25, -0.2) is 5.10 Å². The number of aromatic amines is 1. The number of hydrogen-bond acceptors (Lipinski definition) is 3. The quantitative estimate of drug-likeness (QED) is 0.830. The molecule has 3 atom stereocenters. The van der Waals surface area contributed by atoms with Gasteiger partial charge in [-0.1, -0.05) is 26.7 Å². The smallest absolute Gasteiger partial charge is 0.271 e. The van der Waals surface area contributed by atoms with Crippen LogP contribution in [0, 0.1) is 11.8 Å². The fourth-order valence-corrected chi connectivity index (χ4v) is 2.50. The van der Waals surface area contributed by atoms with Gasteiger partial charge >= 0.3 is 0 Å². The molecule has 0 spiro atoms. The van der Waals surface area contributed by atoms with Crippen LogP contribution in [0.15, 0.2) is 16.9 Å². The van der Waals surface area contributed by atoms with E-state index in [2.05, 4.69) is 29.4 Å². The lowest BCUT2D eigenvalue weighted by atomic mass is 9.78. The molecule has 1 heterocycles. The maximum absolute atomic E-state index is 12.0. The minimum Gasteiger partial charge on any atom is -0.348 e. The molecule has 1 saturated carbocycles. The molecular formula is C13H19N3O2. The molecule has 0 aromatic carbocycles. The molecule has 2 N–H and O–H groups in total. The highest BCUT2D eigenvalue weighted by molar-refractivity contribution is 5.92. The number of nitrogens with one attached hydrogen (secondary N) is 2. The Labute approximate surface area is 106 Å². The van der Waals surface area contributed by atoms with Crippen LogP contribution >= 0.6 is 0 Å². The van der Waals surface area contributed by atoms with Gasteiger partial charge in [0, 0.05) is 12.1 Å². The first-order valence-electron chi connectivity index (χ1n) is 6.44.